The summed E-state index contributed by atoms with van der Waals surface area (Å²) in [4.78, 5) is 0.357. The van der Waals surface area contributed by atoms with Crippen molar-refractivity contribution in [2.75, 3.05) is 0 Å². The first-order valence-corrected chi connectivity index (χ1v) is 15.3. The van der Waals surface area contributed by atoms with Crippen LogP contribution in [0.25, 0.3) is 0 Å². The van der Waals surface area contributed by atoms with E-state index in [4.69, 9.17) is 18.9 Å². The number of alkyl halides is 1. The van der Waals surface area contributed by atoms with Crippen LogP contribution in [0.15, 0.2) is 12.2 Å². The smallest absolute Gasteiger partial charge is 0.0924 e. The number of rotatable bonds is 7. The van der Waals surface area contributed by atoms with Crippen LogP contribution in [-0.4, -0.2) is 73.6 Å². The Morgan fingerprint density at radius 2 is 1.59 bits per heavy atom. The number of fused-ring (bicyclic) bond motifs is 1. The molecule has 0 bridgehead atoms. The summed E-state index contributed by atoms with van der Waals surface area (Å²) in [6.07, 6.45) is 7.74. The standard InChI is InChI=1S/C30H51BrO6/c1-19(9-11-22(32)28(6)17-14-23(36-28)26(2,3)33)20-10-12-24-29(7,35-20)18-15-25(34-24)30(8)16-13-21(31)27(4,5)37-30/h20-25,32-33H,1,9-18H2,2-8H3/t20-,21-,22+,23-,24-,25-,28-,29+,30+/m1/s1. The van der Waals surface area contributed by atoms with E-state index >= 15 is 0 Å². The molecule has 4 saturated heterocycles. The fourth-order valence-corrected chi connectivity index (χ4v) is 7.34. The molecule has 0 amide bonds. The molecule has 0 aromatic rings. The Bertz CT molecular complexity index is 840. The number of hydrogen-bond acceptors (Lipinski definition) is 6. The maximum absolute atomic E-state index is 11.0. The van der Waals surface area contributed by atoms with Gasteiger partial charge in [0.1, 0.15) is 0 Å². The van der Waals surface area contributed by atoms with Crippen molar-refractivity contribution in [2.24, 2.45) is 0 Å². The van der Waals surface area contributed by atoms with Gasteiger partial charge in [-0.1, -0.05) is 22.5 Å². The predicted molar refractivity (Wildman–Crippen MR) is 149 cm³/mol. The SMILES string of the molecule is C=C(CC[C@H](O)[C@@]1(C)CC[C@H](C(C)(C)O)O1)[C@H]1CC[C@H]2O[C@@H]([C@]3(C)CC[C@@H](Br)C(C)(C)O3)CC[C@]2(C)O1. The normalized spacial score (nSPS) is 45.3. The molecule has 9 atom stereocenters. The van der Waals surface area contributed by atoms with Crippen LogP contribution in [0.2, 0.25) is 0 Å². The van der Waals surface area contributed by atoms with Crippen molar-refractivity contribution in [1.29, 1.82) is 0 Å². The highest BCUT2D eigenvalue weighted by Gasteiger charge is 2.54. The van der Waals surface area contributed by atoms with Crippen molar-refractivity contribution in [2.45, 2.75) is 176 Å². The third-order valence-corrected chi connectivity index (χ3v) is 11.4. The van der Waals surface area contributed by atoms with E-state index in [0.29, 0.717) is 17.7 Å². The second-order valence-corrected chi connectivity index (χ2v) is 15.1. The van der Waals surface area contributed by atoms with Crippen molar-refractivity contribution in [1.82, 2.24) is 0 Å². The maximum atomic E-state index is 11.0. The summed E-state index contributed by atoms with van der Waals surface area (Å²) in [7, 11) is 0. The van der Waals surface area contributed by atoms with Crippen LogP contribution in [0.3, 0.4) is 0 Å². The Hall–Kier alpha value is -0.0200. The molecule has 0 aromatic carbocycles. The Labute approximate surface area is 233 Å². The zero-order chi connectivity index (χ0) is 27.4. The molecule has 4 aliphatic rings. The van der Waals surface area contributed by atoms with Crippen molar-refractivity contribution in [3.05, 3.63) is 12.2 Å². The van der Waals surface area contributed by atoms with Gasteiger partial charge in [0.2, 0.25) is 0 Å². The molecule has 0 aromatic heterocycles. The van der Waals surface area contributed by atoms with Gasteiger partial charge in [0.25, 0.3) is 0 Å². The van der Waals surface area contributed by atoms with Gasteiger partial charge in [0.05, 0.1) is 58.5 Å². The molecule has 4 aliphatic heterocycles. The van der Waals surface area contributed by atoms with Crippen LogP contribution in [0.1, 0.15) is 113 Å². The van der Waals surface area contributed by atoms with E-state index in [-0.39, 0.29) is 41.2 Å². The molecule has 0 radical (unpaired) electrons. The fourth-order valence-electron chi connectivity index (χ4n) is 7.02. The largest absolute Gasteiger partial charge is 0.390 e. The molecule has 2 N–H and O–H groups in total. The monoisotopic (exact) mass is 586 g/mol. The molecule has 0 saturated carbocycles. The quantitative estimate of drug-likeness (QED) is 0.282. The molecule has 6 nitrogen and oxygen atoms in total. The van der Waals surface area contributed by atoms with Gasteiger partial charge in [-0.25, -0.2) is 0 Å². The van der Waals surface area contributed by atoms with Gasteiger partial charge in [0.15, 0.2) is 0 Å². The van der Waals surface area contributed by atoms with Crippen LogP contribution >= 0.6 is 15.9 Å². The summed E-state index contributed by atoms with van der Waals surface area (Å²) in [5.41, 5.74) is -1.34. The maximum Gasteiger partial charge on any atom is 0.0924 e. The first-order chi connectivity index (χ1) is 17.0. The minimum absolute atomic E-state index is 0.0235. The Balaban J connectivity index is 1.29. The molecule has 0 unspecified atom stereocenters. The summed E-state index contributed by atoms with van der Waals surface area (Å²) in [6, 6.07) is 0. The highest BCUT2D eigenvalue weighted by Crippen LogP contribution is 2.48. The third kappa shape index (κ3) is 6.18. The predicted octanol–water partition coefficient (Wildman–Crippen LogP) is 5.99. The van der Waals surface area contributed by atoms with E-state index in [1.165, 1.54) is 0 Å². The molecule has 4 rings (SSSR count). The third-order valence-electron chi connectivity index (χ3n) is 9.84. The van der Waals surface area contributed by atoms with E-state index < -0.39 is 17.3 Å². The van der Waals surface area contributed by atoms with Crippen LogP contribution in [0.4, 0.5) is 0 Å². The first kappa shape index (κ1) is 30.0. The van der Waals surface area contributed by atoms with Crippen molar-refractivity contribution in [3.8, 4) is 0 Å². The molecule has 4 heterocycles. The molecule has 214 valence electrons. The fraction of sp³-hybridized carbons (Fsp3) is 0.933. The van der Waals surface area contributed by atoms with Crippen LogP contribution < -0.4 is 0 Å². The van der Waals surface area contributed by atoms with Crippen LogP contribution in [0.5, 0.6) is 0 Å². The second-order valence-electron chi connectivity index (χ2n) is 14.0. The van der Waals surface area contributed by atoms with Crippen LogP contribution in [-0.2, 0) is 18.9 Å². The Morgan fingerprint density at radius 3 is 2.22 bits per heavy atom. The Morgan fingerprint density at radius 1 is 0.946 bits per heavy atom. The van der Waals surface area contributed by atoms with Gasteiger partial charge >= 0.3 is 0 Å². The number of aliphatic hydroxyl groups excluding tert-OH is 1. The minimum atomic E-state index is -0.906. The average Bonchev–Trinajstić information content (AvgIpc) is 3.22. The van der Waals surface area contributed by atoms with E-state index in [1.807, 2.05) is 6.92 Å². The molecule has 4 fully saturated rings. The lowest BCUT2D eigenvalue weighted by atomic mass is 9.76. The molecule has 7 heteroatoms. The van der Waals surface area contributed by atoms with Gasteiger partial charge in [0, 0.05) is 4.83 Å². The van der Waals surface area contributed by atoms with Crippen molar-refractivity contribution in [3.63, 3.8) is 0 Å². The summed E-state index contributed by atoms with van der Waals surface area (Å²) >= 11 is 3.80. The van der Waals surface area contributed by atoms with Gasteiger partial charge in [-0.3, -0.25) is 0 Å². The topological polar surface area (TPSA) is 77.4 Å². The summed E-state index contributed by atoms with van der Waals surface area (Å²) in [5, 5.41) is 21.3. The number of halogens is 1. The number of ether oxygens (including phenoxy) is 4. The van der Waals surface area contributed by atoms with Gasteiger partial charge < -0.3 is 29.2 Å². The molecule has 37 heavy (non-hydrogen) atoms. The van der Waals surface area contributed by atoms with Crippen molar-refractivity contribution >= 4 is 15.9 Å². The van der Waals surface area contributed by atoms with Crippen LogP contribution in [0, 0.1) is 0 Å². The molecular weight excluding hydrogens is 536 g/mol. The minimum Gasteiger partial charge on any atom is -0.390 e. The zero-order valence-corrected chi connectivity index (χ0v) is 25.7. The summed E-state index contributed by atoms with van der Waals surface area (Å²) in [6.45, 7) is 18.6. The number of hydrogen-bond donors (Lipinski definition) is 2. The van der Waals surface area contributed by atoms with Gasteiger partial charge in [-0.2, -0.15) is 0 Å². The molecule has 0 spiro atoms. The molecule has 0 aliphatic carbocycles. The lowest BCUT2D eigenvalue weighted by Gasteiger charge is -2.55. The van der Waals surface area contributed by atoms with Gasteiger partial charge in [-0.15, -0.1) is 0 Å². The van der Waals surface area contributed by atoms with Crippen molar-refractivity contribution < 1.29 is 29.2 Å². The lowest BCUT2D eigenvalue weighted by Crippen LogP contribution is -2.62. The van der Waals surface area contributed by atoms with E-state index in [0.717, 1.165) is 56.9 Å². The average molecular weight is 588 g/mol. The van der Waals surface area contributed by atoms with Gasteiger partial charge in [-0.05, 0) is 118 Å². The van der Waals surface area contributed by atoms with E-state index in [9.17, 15) is 10.2 Å². The van der Waals surface area contributed by atoms with E-state index in [1.54, 1.807) is 13.8 Å². The zero-order valence-electron chi connectivity index (χ0n) is 24.1. The summed E-state index contributed by atoms with van der Waals surface area (Å²) in [5.74, 6) is 0. The Kier molecular flexibility index (Phi) is 8.44. The highest BCUT2D eigenvalue weighted by atomic mass is 79.9. The second kappa shape index (κ2) is 10.4. The first-order valence-electron chi connectivity index (χ1n) is 14.4. The molecular formula is C30H51BrO6. The summed E-state index contributed by atoms with van der Waals surface area (Å²) < 4.78 is 26.2. The lowest BCUT2D eigenvalue weighted by molar-refractivity contribution is -0.285. The van der Waals surface area contributed by atoms with E-state index in [2.05, 4.69) is 50.2 Å². The number of aliphatic hydroxyl groups is 2. The highest BCUT2D eigenvalue weighted by molar-refractivity contribution is 9.09.